The number of sulfonamides is 1. The van der Waals surface area contributed by atoms with E-state index in [9.17, 15) is 13.2 Å². The highest BCUT2D eigenvalue weighted by molar-refractivity contribution is 7.92. The van der Waals surface area contributed by atoms with Gasteiger partial charge in [0.05, 0.1) is 22.8 Å². The number of hydrogen-bond donors (Lipinski definition) is 1. The Morgan fingerprint density at radius 1 is 1.06 bits per heavy atom. The number of anilines is 1. The summed E-state index contributed by atoms with van der Waals surface area (Å²) in [6.45, 7) is 3.43. The predicted octanol–water partition coefficient (Wildman–Crippen LogP) is 6.12. The van der Waals surface area contributed by atoms with E-state index < -0.39 is 16.0 Å². The first-order chi connectivity index (χ1) is 15.1. The normalized spacial score (nSPS) is 11.2. The Labute approximate surface area is 200 Å². The summed E-state index contributed by atoms with van der Waals surface area (Å²) < 4.78 is 39.0. The van der Waals surface area contributed by atoms with Crippen molar-refractivity contribution in [1.29, 1.82) is 0 Å². The van der Waals surface area contributed by atoms with Crippen molar-refractivity contribution < 1.29 is 22.7 Å². The summed E-state index contributed by atoms with van der Waals surface area (Å²) in [5.41, 5.74) is 0.654. The lowest BCUT2D eigenvalue weighted by Crippen LogP contribution is -2.15. The minimum absolute atomic E-state index is 0.00501. The fourth-order valence-corrected chi connectivity index (χ4v) is 4.72. The number of carbonyl (C=O) groups is 1. The average molecular weight is 516 g/mol. The maximum atomic E-state index is 12.9. The number of esters is 1. The molecule has 3 aromatic rings. The second-order valence-corrected chi connectivity index (χ2v) is 9.41. The van der Waals surface area contributed by atoms with E-state index in [1.165, 1.54) is 48.8 Å². The highest BCUT2D eigenvalue weighted by Gasteiger charge is 2.22. The minimum Gasteiger partial charge on any atom is -0.462 e. The number of nitrogens with one attached hydrogen (secondary N) is 1. The van der Waals surface area contributed by atoms with Crippen LogP contribution in [0.5, 0.6) is 11.5 Å². The molecule has 0 spiro atoms. The first-order valence-electron chi connectivity index (χ1n) is 9.18. The van der Waals surface area contributed by atoms with Crippen LogP contribution in [0.2, 0.25) is 15.1 Å². The van der Waals surface area contributed by atoms with Gasteiger partial charge < -0.3 is 9.47 Å². The van der Waals surface area contributed by atoms with Gasteiger partial charge in [0.2, 0.25) is 0 Å². The molecule has 32 heavy (non-hydrogen) atoms. The van der Waals surface area contributed by atoms with E-state index in [4.69, 9.17) is 44.3 Å². The van der Waals surface area contributed by atoms with Crippen LogP contribution in [0.3, 0.4) is 0 Å². The second-order valence-electron chi connectivity index (χ2n) is 6.51. The monoisotopic (exact) mass is 514 g/mol. The summed E-state index contributed by atoms with van der Waals surface area (Å²) in [7, 11) is -4.08. The molecule has 11 heteroatoms. The van der Waals surface area contributed by atoms with Crippen LogP contribution in [0, 0.1) is 6.92 Å². The summed E-state index contributed by atoms with van der Waals surface area (Å²) in [5.74, 6) is -0.269. The molecule has 0 aliphatic heterocycles. The molecule has 0 unspecified atom stereocenters. The molecule has 0 atom stereocenters. The first kappa shape index (κ1) is 24.1. The minimum atomic E-state index is -4.08. The molecule has 168 valence electrons. The molecular formula is C21H17Cl3N2O5S. The fraction of sp³-hybridized carbons (Fsp3) is 0.143. The Balaban J connectivity index is 1.98. The molecule has 0 aliphatic carbocycles. The van der Waals surface area contributed by atoms with Crippen molar-refractivity contribution in [2.24, 2.45) is 0 Å². The number of benzene rings is 2. The van der Waals surface area contributed by atoms with Gasteiger partial charge in [0.1, 0.15) is 22.0 Å². The topological polar surface area (TPSA) is 94.6 Å². The van der Waals surface area contributed by atoms with Crippen LogP contribution in [-0.2, 0) is 14.8 Å². The smallest absolute Gasteiger partial charge is 0.342 e. The van der Waals surface area contributed by atoms with Gasteiger partial charge in [-0.15, -0.1) is 0 Å². The molecule has 0 bridgehead atoms. The number of halogens is 3. The van der Waals surface area contributed by atoms with Crippen molar-refractivity contribution in [3.05, 3.63) is 75.0 Å². The van der Waals surface area contributed by atoms with Crippen LogP contribution in [-0.4, -0.2) is 26.0 Å². The highest BCUT2D eigenvalue weighted by Crippen LogP contribution is 2.32. The molecule has 0 amide bonds. The number of hydrogen-bond acceptors (Lipinski definition) is 6. The highest BCUT2D eigenvalue weighted by atomic mass is 35.5. The maximum Gasteiger partial charge on any atom is 0.342 e. The van der Waals surface area contributed by atoms with Crippen molar-refractivity contribution in [2.45, 2.75) is 18.7 Å². The maximum absolute atomic E-state index is 12.9. The molecule has 0 aliphatic rings. The number of ether oxygens (including phenoxy) is 2. The van der Waals surface area contributed by atoms with E-state index in [2.05, 4.69) is 9.71 Å². The number of carbonyl (C=O) groups excluding carboxylic acids is 1. The summed E-state index contributed by atoms with van der Waals surface area (Å²) in [6, 6.07) is 8.41. The number of pyridine rings is 1. The molecule has 7 nitrogen and oxygen atoms in total. The molecule has 0 saturated heterocycles. The molecule has 0 saturated carbocycles. The Morgan fingerprint density at radius 3 is 2.50 bits per heavy atom. The quantitative estimate of drug-likeness (QED) is 0.381. The molecule has 2 aromatic carbocycles. The van der Waals surface area contributed by atoms with Crippen LogP contribution < -0.4 is 9.46 Å². The first-order valence-corrected chi connectivity index (χ1v) is 11.8. The fourth-order valence-electron chi connectivity index (χ4n) is 2.67. The van der Waals surface area contributed by atoms with Gasteiger partial charge >= 0.3 is 5.97 Å². The van der Waals surface area contributed by atoms with Crippen LogP contribution in [0.1, 0.15) is 22.8 Å². The van der Waals surface area contributed by atoms with Crippen LogP contribution in [0.4, 0.5) is 5.69 Å². The Kier molecular flexibility index (Phi) is 7.51. The van der Waals surface area contributed by atoms with E-state index in [-0.39, 0.29) is 33.5 Å². The predicted molar refractivity (Wildman–Crippen MR) is 124 cm³/mol. The molecule has 3 rings (SSSR count). The lowest BCUT2D eigenvalue weighted by molar-refractivity contribution is 0.0523. The zero-order valence-corrected chi connectivity index (χ0v) is 19.9. The number of nitrogens with zero attached hydrogens (tertiary/aromatic N) is 1. The number of rotatable bonds is 7. The van der Waals surface area contributed by atoms with E-state index >= 15 is 0 Å². The molecule has 1 aromatic heterocycles. The average Bonchev–Trinajstić information content (AvgIpc) is 2.71. The zero-order chi connectivity index (χ0) is 23.5. The summed E-state index contributed by atoms with van der Waals surface area (Å²) in [5, 5.41) is 0.655. The van der Waals surface area contributed by atoms with Gasteiger partial charge in [-0.25, -0.2) is 13.2 Å². The molecule has 1 N–H and O–H groups in total. The third kappa shape index (κ3) is 5.63. The van der Waals surface area contributed by atoms with Crippen molar-refractivity contribution in [3.63, 3.8) is 0 Å². The lowest BCUT2D eigenvalue weighted by atomic mass is 10.2. The summed E-state index contributed by atoms with van der Waals surface area (Å²) in [4.78, 5) is 16.3. The van der Waals surface area contributed by atoms with E-state index in [1.807, 2.05) is 0 Å². The molecule has 1 heterocycles. The van der Waals surface area contributed by atoms with E-state index in [0.717, 1.165) is 0 Å². The third-order valence-corrected chi connectivity index (χ3v) is 6.60. The van der Waals surface area contributed by atoms with Crippen LogP contribution in [0.25, 0.3) is 0 Å². The van der Waals surface area contributed by atoms with Crippen LogP contribution >= 0.6 is 34.8 Å². The standard InChI is InChI=1S/C21H17Cl3N2O5S/c1-3-30-21(27)16-8-14(4-5-19(16)31-15-7-13(22)10-25-11-15)26-32(28,29)20-6-12(2)17(23)9-18(20)24/h4-11,26H,3H2,1-2H3. The SMILES string of the molecule is CCOC(=O)c1cc(NS(=O)(=O)c2cc(C)c(Cl)cc2Cl)ccc1Oc1cncc(Cl)c1. The lowest BCUT2D eigenvalue weighted by Gasteiger charge is -2.14. The van der Waals surface area contributed by atoms with Gasteiger partial charge in [-0.1, -0.05) is 34.8 Å². The summed E-state index contributed by atoms with van der Waals surface area (Å²) in [6.07, 6.45) is 2.85. The summed E-state index contributed by atoms with van der Waals surface area (Å²) >= 11 is 18.0. The van der Waals surface area contributed by atoms with Crippen molar-refractivity contribution in [3.8, 4) is 11.5 Å². The Bertz CT molecular complexity index is 1280. The largest absolute Gasteiger partial charge is 0.462 e. The van der Waals surface area contributed by atoms with E-state index in [0.29, 0.717) is 21.4 Å². The number of aromatic nitrogens is 1. The van der Waals surface area contributed by atoms with E-state index in [1.54, 1.807) is 13.8 Å². The van der Waals surface area contributed by atoms with Crippen molar-refractivity contribution in [2.75, 3.05) is 11.3 Å². The van der Waals surface area contributed by atoms with Gasteiger partial charge in [-0.3, -0.25) is 9.71 Å². The zero-order valence-electron chi connectivity index (χ0n) is 16.9. The van der Waals surface area contributed by atoms with Gasteiger partial charge in [-0.05, 0) is 49.7 Å². The molecular weight excluding hydrogens is 499 g/mol. The van der Waals surface area contributed by atoms with Crippen molar-refractivity contribution >= 4 is 56.5 Å². The Hall–Kier alpha value is -2.52. The third-order valence-electron chi connectivity index (χ3n) is 4.14. The second kappa shape index (κ2) is 9.95. The molecule has 0 radical (unpaired) electrons. The van der Waals surface area contributed by atoms with Gasteiger partial charge in [0.25, 0.3) is 10.0 Å². The molecule has 0 fully saturated rings. The van der Waals surface area contributed by atoms with Gasteiger partial charge in [-0.2, -0.15) is 0 Å². The van der Waals surface area contributed by atoms with Gasteiger partial charge in [0, 0.05) is 23.0 Å². The van der Waals surface area contributed by atoms with Crippen molar-refractivity contribution in [1.82, 2.24) is 4.98 Å². The van der Waals surface area contributed by atoms with Gasteiger partial charge in [0.15, 0.2) is 0 Å². The number of aryl methyl sites for hydroxylation is 1. The van der Waals surface area contributed by atoms with Crippen LogP contribution in [0.15, 0.2) is 53.7 Å². The Morgan fingerprint density at radius 2 is 1.81 bits per heavy atom.